The summed E-state index contributed by atoms with van der Waals surface area (Å²) in [5.41, 5.74) is 8.58. The van der Waals surface area contributed by atoms with E-state index in [4.69, 9.17) is 5.73 Å². The molecule has 0 unspecified atom stereocenters. The van der Waals surface area contributed by atoms with Crippen molar-refractivity contribution in [1.29, 1.82) is 0 Å². The third-order valence-electron chi connectivity index (χ3n) is 4.44. The number of nitrogens with two attached hydrogens (primary N) is 1. The smallest absolute Gasteiger partial charge is 0.223 e. The standard InChI is InChI=1S/C16H24N2O/c1-3-16(17,4-2)11-18-15(19)14-9-12-7-5-6-8-13(12)10-14/h5-8,14H,3-4,9-11,17H2,1-2H3,(H,18,19). The summed E-state index contributed by atoms with van der Waals surface area (Å²) in [7, 11) is 0. The molecular formula is C16H24N2O. The molecule has 0 atom stereocenters. The van der Waals surface area contributed by atoms with Gasteiger partial charge in [-0.25, -0.2) is 0 Å². The van der Waals surface area contributed by atoms with Gasteiger partial charge in [0.05, 0.1) is 0 Å². The van der Waals surface area contributed by atoms with Crippen molar-refractivity contribution in [3.05, 3.63) is 35.4 Å². The molecule has 1 aliphatic carbocycles. The fourth-order valence-corrected chi connectivity index (χ4v) is 2.65. The van der Waals surface area contributed by atoms with Crippen molar-refractivity contribution < 1.29 is 4.79 Å². The van der Waals surface area contributed by atoms with Crippen molar-refractivity contribution in [3.63, 3.8) is 0 Å². The molecule has 0 fully saturated rings. The van der Waals surface area contributed by atoms with Crippen LogP contribution in [0.3, 0.4) is 0 Å². The van der Waals surface area contributed by atoms with Crippen LogP contribution in [0, 0.1) is 5.92 Å². The van der Waals surface area contributed by atoms with Crippen molar-refractivity contribution in [2.24, 2.45) is 11.7 Å². The number of amides is 1. The second kappa shape index (κ2) is 5.74. The van der Waals surface area contributed by atoms with Crippen LogP contribution in [0.15, 0.2) is 24.3 Å². The molecule has 0 aromatic heterocycles. The SMILES string of the molecule is CCC(N)(CC)CNC(=O)C1Cc2ccccc2C1. The fraction of sp³-hybridized carbons (Fsp3) is 0.562. The van der Waals surface area contributed by atoms with Crippen LogP contribution < -0.4 is 11.1 Å². The summed E-state index contributed by atoms with van der Waals surface area (Å²) in [5, 5.41) is 3.04. The van der Waals surface area contributed by atoms with Crippen LogP contribution in [-0.2, 0) is 17.6 Å². The van der Waals surface area contributed by atoms with Gasteiger partial charge in [0.1, 0.15) is 0 Å². The Morgan fingerprint density at radius 3 is 2.26 bits per heavy atom. The van der Waals surface area contributed by atoms with Gasteiger partial charge in [-0.15, -0.1) is 0 Å². The summed E-state index contributed by atoms with van der Waals surface area (Å²) in [6.45, 7) is 4.72. The molecular weight excluding hydrogens is 236 g/mol. The first kappa shape index (κ1) is 14.1. The zero-order chi connectivity index (χ0) is 13.9. The minimum absolute atomic E-state index is 0.0790. The molecule has 3 nitrogen and oxygen atoms in total. The second-order valence-electron chi connectivity index (χ2n) is 5.66. The van der Waals surface area contributed by atoms with Crippen LogP contribution in [-0.4, -0.2) is 18.0 Å². The molecule has 2 rings (SSSR count). The number of carbonyl (C=O) groups is 1. The molecule has 3 heteroatoms. The number of nitrogens with one attached hydrogen (secondary N) is 1. The van der Waals surface area contributed by atoms with Crippen LogP contribution in [0.25, 0.3) is 0 Å². The lowest BCUT2D eigenvalue weighted by atomic mass is 9.94. The second-order valence-corrected chi connectivity index (χ2v) is 5.66. The van der Waals surface area contributed by atoms with Crippen LogP contribution in [0.2, 0.25) is 0 Å². The van der Waals surface area contributed by atoms with Crippen LogP contribution in [0.1, 0.15) is 37.8 Å². The summed E-state index contributed by atoms with van der Waals surface area (Å²) in [6, 6.07) is 8.32. The highest BCUT2D eigenvalue weighted by Gasteiger charge is 2.28. The van der Waals surface area contributed by atoms with Gasteiger partial charge in [0.15, 0.2) is 0 Å². The monoisotopic (exact) mass is 260 g/mol. The molecule has 104 valence electrons. The summed E-state index contributed by atoms with van der Waals surface area (Å²) < 4.78 is 0. The minimum Gasteiger partial charge on any atom is -0.354 e. The number of fused-ring (bicyclic) bond motifs is 1. The Labute approximate surface area is 115 Å². The van der Waals surface area contributed by atoms with Gasteiger partial charge in [-0.1, -0.05) is 38.1 Å². The third kappa shape index (κ3) is 3.16. The van der Waals surface area contributed by atoms with Gasteiger partial charge in [0.25, 0.3) is 0 Å². The molecule has 1 amide bonds. The average Bonchev–Trinajstić information content (AvgIpc) is 2.88. The Hall–Kier alpha value is -1.35. The van der Waals surface area contributed by atoms with Crippen LogP contribution >= 0.6 is 0 Å². The van der Waals surface area contributed by atoms with Crippen LogP contribution in [0.5, 0.6) is 0 Å². The van der Waals surface area contributed by atoms with Crippen LogP contribution in [0.4, 0.5) is 0 Å². The highest BCUT2D eigenvalue weighted by molar-refractivity contribution is 5.80. The van der Waals surface area contributed by atoms with Crippen molar-refractivity contribution in [1.82, 2.24) is 5.32 Å². The zero-order valence-electron chi connectivity index (χ0n) is 11.9. The van der Waals surface area contributed by atoms with Gasteiger partial charge in [-0.3, -0.25) is 4.79 Å². The van der Waals surface area contributed by atoms with E-state index in [1.807, 2.05) is 12.1 Å². The maximum atomic E-state index is 12.2. The Morgan fingerprint density at radius 1 is 1.26 bits per heavy atom. The van der Waals surface area contributed by atoms with E-state index >= 15 is 0 Å². The van der Waals surface area contributed by atoms with E-state index in [2.05, 4.69) is 31.3 Å². The number of hydrogen-bond donors (Lipinski definition) is 2. The Bertz CT molecular complexity index is 427. The zero-order valence-corrected chi connectivity index (χ0v) is 11.9. The van der Waals surface area contributed by atoms with E-state index in [9.17, 15) is 4.79 Å². The van der Waals surface area contributed by atoms with E-state index in [1.165, 1.54) is 11.1 Å². The average molecular weight is 260 g/mol. The largest absolute Gasteiger partial charge is 0.354 e. The topological polar surface area (TPSA) is 55.1 Å². The summed E-state index contributed by atoms with van der Waals surface area (Å²) in [5.74, 6) is 0.225. The predicted octanol–water partition coefficient (Wildman–Crippen LogP) is 2.04. The van der Waals surface area contributed by atoms with E-state index in [1.54, 1.807) is 0 Å². The molecule has 0 aliphatic heterocycles. The maximum absolute atomic E-state index is 12.2. The fourth-order valence-electron chi connectivity index (χ4n) is 2.65. The van der Waals surface area contributed by atoms with Crippen molar-refractivity contribution in [2.75, 3.05) is 6.54 Å². The Kier molecular flexibility index (Phi) is 4.25. The molecule has 0 bridgehead atoms. The Morgan fingerprint density at radius 2 is 1.79 bits per heavy atom. The van der Waals surface area contributed by atoms with Gasteiger partial charge < -0.3 is 11.1 Å². The number of rotatable bonds is 5. The molecule has 1 aromatic carbocycles. The van der Waals surface area contributed by atoms with E-state index in [0.717, 1.165) is 25.7 Å². The number of carbonyl (C=O) groups excluding carboxylic acids is 1. The first-order valence-electron chi connectivity index (χ1n) is 7.21. The van der Waals surface area contributed by atoms with Gasteiger partial charge in [0.2, 0.25) is 5.91 Å². The molecule has 0 spiro atoms. The first-order valence-corrected chi connectivity index (χ1v) is 7.21. The molecule has 1 aliphatic rings. The third-order valence-corrected chi connectivity index (χ3v) is 4.44. The van der Waals surface area contributed by atoms with Gasteiger partial charge in [-0.05, 0) is 36.8 Å². The summed E-state index contributed by atoms with van der Waals surface area (Å²) in [4.78, 5) is 12.2. The highest BCUT2D eigenvalue weighted by Crippen LogP contribution is 2.26. The number of hydrogen-bond acceptors (Lipinski definition) is 2. The molecule has 19 heavy (non-hydrogen) atoms. The lowest BCUT2D eigenvalue weighted by molar-refractivity contribution is -0.125. The molecule has 0 saturated carbocycles. The molecule has 0 saturated heterocycles. The molecule has 1 aromatic rings. The first-order chi connectivity index (χ1) is 9.08. The lowest BCUT2D eigenvalue weighted by Crippen LogP contribution is -2.50. The van der Waals surface area contributed by atoms with Crippen molar-refractivity contribution >= 4 is 5.91 Å². The molecule has 0 heterocycles. The van der Waals surface area contributed by atoms with E-state index in [-0.39, 0.29) is 17.4 Å². The highest BCUT2D eigenvalue weighted by atomic mass is 16.1. The van der Waals surface area contributed by atoms with Gasteiger partial charge in [-0.2, -0.15) is 0 Å². The van der Waals surface area contributed by atoms with Crippen molar-refractivity contribution in [2.45, 2.75) is 45.1 Å². The summed E-state index contributed by atoms with van der Waals surface area (Å²) >= 11 is 0. The van der Waals surface area contributed by atoms with Gasteiger partial charge in [0, 0.05) is 18.0 Å². The van der Waals surface area contributed by atoms with Crippen molar-refractivity contribution in [3.8, 4) is 0 Å². The minimum atomic E-state index is -0.263. The predicted molar refractivity (Wildman–Crippen MR) is 77.9 cm³/mol. The molecule has 0 radical (unpaired) electrons. The van der Waals surface area contributed by atoms with E-state index < -0.39 is 0 Å². The maximum Gasteiger partial charge on any atom is 0.223 e. The van der Waals surface area contributed by atoms with E-state index in [0.29, 0.717) is 6.54 Å². The normalized spacial score (nSPS) is 15.3. The quantitative estimate of drug-likeness (QED) is 0.851. The molecule has 3 N–H and O–H groups in total. The number of benzene rings is 1. The Balaban J connectivity index is 1.90. The lowest BCUT2D eigenvalue weighted by Gasteiger charge is -2.27. The van der Waals surface area contributed by atoms with Gasteiger partial charge >= 0.3 is 0 Å². The summed E-state index contributed by atoms with van der Waals surface area (Å²) in [6.07, 6.45) is 3.49.